The van der Waals surface area contributed by atoms with Crippen molar-refractivity contribution < 1.29 is 4.74 Å². The van der Waals surface area contributed by atoms with Crippen LogP contribution in [0.15, 0.2) is 12.4 Å². The lowest BCUT2D eigenvalue weighted by Gasteiger charge is -2.35. The minimum Gasteiger partial charge on any atom is -0.371 e. The normalized spacial score (nSPS) is 27.2. The van der Waals surface area contributed by atoms with Crippen molar-refractivity contribution in [1.82, 2.24) is 14.7 Å². The van der Waals surface area contributed by atoms with Crippen molar-refractivity contribution in [2.45, 2.75) is 25.7 Å². The van der Waals surface area contributed by atoms with Crippen LogP contribution in [0.2, 0.25) is 0 Å². The number of aryl methyl sites for hydroxylation is 1. The van der Waals surface area contributed by atoms with Gasteiger partial charge in [0.2, 0.25) is 0 Å². The lowest BCUT2D eigenvalue weighted by Crippen LogP contribution is -2.46. The molecule has 5 heteroatoms. The Morgan fingerprint density at radius 1 is 1.56 bits per heavy atom. The Balaban J connectivity index is 1.93. The average Bonchev–Trinajstić information content (AvgIpc) is 2.63. The highest BCUT2D eigenvalue weighted by molar-refractivity contribution is 6.18. The van der Waals surface area contributed by atoms with Gasteiger partial charge in [-0.05, 0) is 6.92 Å². The van der Waals surface area contributed by atoms with Crippen molar-refractivity contribution in [2.24, 2.45) is 7.05 Å². The van der Waals surface area contributed by atoms with E-state index in [2.05, 4.69) is 23.1 Å². The molecule has 0 radical (unpaired) electrons. The van der Waals surface area contributed by atoms with Crippen LogP contribution in [0, 0.1) is 0 Å². The van der Waals surface area contributed by atoms with E-state index in [9.17, 15) is 0 Å². The van der Waals surface area contributed by atoms with Crippen LogP contribution in [0.5, 0.6) is 0 Å². The average molecular weight is 244 g/mol. The van der Waals surface area contributed by atoms with Crippen molar-refractivity contribution in [3.05, 3.63) is 18.0 Å². The van der Waals surface area contributed by atoms with Crippen LogP contribution in [0.1, 0.15) is 12.5 Å². The highest BCUT2D eigenvalue weighted by Gasteiger charge is 2.24. The lowest BCUT2D eigenvalue weighted by atomic mass is 10.2. The molecule has 1 aromatic rings. The first kappa shape index (κ1) is 11.9. The third-order valence-corrected chi connectivity index (χ3v) is 3.08. The van der Waals surface area contributed by atoms with E-state index in [0.717, 1.165) is 19.6 Å². The first-order valence-corrected chi connectivity index (χ1v) is 6.12. The highest BCUT2D eigenvalue weighted by atomic mass is 35.5. The van der Waals surface area contributed by atoms with Gasteiger partial charge < -0.3 is 4.74 Å². The van der Waals surface area contributed by atoms with Gasteiger partial charge in [-0.25, -0.2) is 0 Å². The molecule has 1 aliphatic rings. The second-order valence-electron chi connectivity index (χ2n) is 4.44. The summed E-state index contributed by atoms with van der Waals surface area (Å²) in [6.07, 6.45) is 4.38. The van der Waals surface area contributed by atoms with E-state index < -0.39 is 0 Å². The molecule has 1 aliphatic heterocycles. The predicted octanol–water partition coefficient (Wildman–Crippen LogP) is 1.25. The number of nitrogens with zero attached hydrogens (tertiary/aromatic N) is 3. The summed E-state index contributed by atoms with van der Waals surface area (Å²) in [5.41, 5.74) is 1.24. The number of halogens is 1. The molecular weight excluding hydrogens is 226 g/mol. The molecule has 0 spiro atoms. The summed E-state index contributed by atoms with van der Waals surface area (Å²) in [6, 6.07) is 0. The van der Waals surface area contributed by atoms with Crippen LogP contribution >= 0.6 is 11.6 Å². The van der Waals surface area contributed by atoms with E-state index in [1.165, 1.54) is 5.56 Å². The van der Waals surface area contributed by atoms with Gasteiger partial charge in [-0.15, -0.1) is 11.6 Å². The van der Waals surface area contributed by atoms with Crippen molar-refractivity contribution in [3.63, 3.8) is 0 Å². The number of rotatable bonds is 3. The molecule has 2 unspecified atom stereocenters. The first-order chi connectivity index (χ1) is 7.67. The lowest BCUT2D eigenvalue weighted by molar-refractivity contribution is -0.0688. The van der Waals surface area contributed by atoms with E-state index in [1.54, 1.807) is 0 Å². The number of aromatic nitrogens is 2. The Morgan fingerprint density at radius 2 is 2.38 bits per heavy atom. The van der Waals surface area contributed by atoms with Crippen molar-refractivity contribution in [2.75, 3.05) is 19.0 Å². The molecule has 0 aromatic carbocycles. The molecule has 2 rings (SSSR count). The van der Waals surface area contributed by atoms with Gasteiger partial charge in [-0.2, -0.15) is 5.10 Å². The minimum absolute atomic E-state index is 0.155. The monoisotopic (exact) mass is 243 g/mol. The molecule has 0 amide bonds. The Morgan fingerprint density at radius 3 is 3.00 bits per heavy atom. The molecule has 2 atom stereocenters. The van der Waals surface area contributed by atoms with Gasteiger partial charge in [0, 0.05) is 44.3 Å². The summed E-state index contributed by atoms with van der Waals surface area (Å²) in [6.45, 7) is 4.88. The molecule has 4 nitrogen and oxygen atoms in total. The van der Waals surface area contributed by atoms with E-state index >= 15 is 0 Å². The number of morpholine rings is 1. The van der Waals surface area contributed by atoms with Gasteiger partial charge in [0.15, 0.2) is 0 Å². The summed E-state index contributed by atoms with van der Waals surface area (Å²) in [7, 11) is 1.94. The maximum atomic E-state index is 5.85. The first-order valence-electron chi connectivity index (χ1n) is 5.58. The van der Waals surface area contributed by atoms with Gasteiger partial charge in [0.1, 0.15) is 0 Å². The van der Waals surface area contributed by atoms with Gasteiger partial charge in [0.05, 0.1) is 18.4 Å². The molecule has 16 heavy (non-hydrogen) atoms. The second kappa shape index (κ2) is 5.17. The van der Waals surface area contributed by atoms with Crippen molar-refractivity contribution >= 4 is 11.6 Å². The van der Waals surface area contributed by atoms with Crippen molar-refractivity contribution in [1.29, 1.82) is 0 Å². The summed E-state index contributed by atoms with van der Waals surface area (Å²) in [5.74, 6) is 0.563. The van der Waals surface area contributed by atoms with E-state index in [-0.39, 0.29) is 12.2 Å². The molecule has 1 aromatic heterocycles. The summed E-state index contributed by atoms with van der Waals surface area (Å²) >= 11 is 5.85. The Labute approximate surface area is 101 Å². The molecule has 1 saturated heterocycles. The van der Waals surface area contributed by atoms with Crippen LogP contribution in [0.3, 0.4) is 0 Å². The fourth-order valence-electron chi connectivity index (χ4n) is 2.17. The predicted molar refractivity (Wildman–Crippen MR) is 63.5 cm³/mol. The standard InChI is InChI=1S/C11H18ClN3O/c1-9-5-15(8-11(3-12)16-9)7-10-4-13-14(2)6-10/h4,6,9,11H,3,5,7-8H2,1-2H3. The molecule has 0 N–H and O–H groups in total. The largest absolute Gasteiger partial charge is 0.371 e. The zero-order chi connectivity index (χ0) is 11.5. The van der Waals surface area contributed by atoms with Crippen LogP contribution in [-0.2, 0) is 18.3 Å². The number of ether oxygens (including phenoxy) is 1. The maximum absolute atomic E-state index is 5.85. The molecule has 1 fully saturated rings. The summed E-state index contributed by atoms with van der Waals surface area (Å²) in [4.78, 5) is 2.37. The SMILES string of the molecule is CC1CN(Cc2cnn(C)c2)CC(CCl)O1. The molecule has 0 saturated carbocycles. The number of alkyl halides is 1. The number of hydrogen-bond donors (Lipinski definition) is 0. The summed E-state index contributed by atoms with van der Waals surface area (Å²) in [5, 5.41) is 4.17. The van der Waals surface area contributed by atoms with Gasteiger partial charge in [-0.1, -0.05) is 0 Å². The molecule has 0 aliphatic carbocycles. The molecule has 0 bridgehead atoms. The smallest absolute Gasteiger partial charge is 0.0841 e. The zero-order valence-electron chi connectivity index (χ0n) is 9.77. The molecule has 90 valence electrons. The van der Waals surface area contributed by atoms with Gasteiger partial charge in [0.25, 0.3) is 0 Å². The van der Waals surface area contributed by atoms with E-state index in [0.29, 0.717) is 5.88 Å². The fraction of sp³-hybridized carbons (Fsp3) is 0.727. The van der Waals surface area contributed by atoms with Crippen LogP contribution < -0.4 is 0 Å². The Bertz CT molecular complexity index is 342. The maximum Gasteiger partial charge on any atom is 0.0841 e. The third-order valence-electron chi connectivity index (χ3n) is 2.74. The molecular formula is C11H18ClN3O. The van der Waals surface area contributed by atoms with Gasteiger partial charge >= 0.3 is 0 Å². The van der Waals surface area contributed by atoms with Crippen LogP contribution in [0.4, 0.5) is 0 Å². The molecule has 2 heterocycles. The second-order valence-corrected chi connectivity index (χ2v) is 4.75. The number of hydrogen-bond acceptors (Lipinski definition) is 3. The van der Waals surface area contributed by atoms with Crippen molar-refractivity contribution in [3.8, 4) is 0 Å². The highest BCUT2D eigenvalue weighted by Crippen LogP contribution is 2.14. The fourth-order valence-corrected chi connectivity index (χ4v) is 2.34. The van der Waals surface area contributed by atoms with Crippen LogP contribution in [-0.4, -0.2) is 45.9 Å². The van der Waals surface area contributed by atoms with Crippen LogP contribution in [0.25, 0.3) is 0 Å². The quantitative estimate of drug-likeness (QED) is 0.749. The Kier molecular flexibility index (Phi) is 3.84. The summed E-state index contributed by atoms with van der Waals surface area (Å²) < 4.78 is 7.55. The minimum atomic E-state index is 0.155. The van der Waals surface area contributed by atoms with E-state index in [4.69, 9.17) is 16.3 Å². The Hall–Kier alpha value is -0.580. The third kappa shape index (κ3) is 2.97. The van der Waals surface area contributed by atoms with Gasteiger partial charge in [-0.3, -0.25) is 9.58 Å². The zero-order valence-corrected chi connectivity index (χ0v) is 10.5. The van der Waals surface area contributed by atoms with E-state index in [1.807, 2.05) is 17.9 Å². The topological polar surface area (TPSA) is 30.3 Å².